The number of nitrogens with zero attached hydrogens (tertiary/aromatic N) is 3. The normalized spacial score (nSPS) is 10.6. The van der Waals surface area contributed by atoms with E-state index in [1.54, 1.807) is 29.6 Å². The number of pyridine rings is 1. The van der Waals surface area contributed by atoms with E-state index in [4.69, 9.17) is 0 Å². The number of para-hydroxylation sites is 1. The van der Waals surface area contributed by atoms with Crippen molar-refractivity contribution in [1.82, 2.24) is 14.8 Å². The lowest BCUT2D eigenvalue weighted by Gasteiger charge is -2.11. The van der Waals surface area contributed by atoms with Gasteiger partial charge in [-0.2, -0.15) is 5.10 Å². The lowest BCUT2D eigenvalue weighted by atomic mass is 10.2. The summed E-state index contributed by atoms with van der Waals surface area (Å²) in [6, 6.07) is 22.3. The van der Waals surface area contributed by atoms with Crippen molar-refractivity contribution in [2.24, 2.45) is 0 Å². The van der Waals surface area contributed by atoms with Gasteiger partial charge in [-0.05, 0) is 55.0 Å². The topological polar surface area (TPSA) is 76.9 Å². The SMILES string of the molecule is Cc1cc(=O)c(C(=O)Nc2ccc(SCc3cccnc3)cc2)nn1-c1ccccc1. The standard InChI is InChI=1S/C24H20N4O2S/c1-17-14-22(29)23(27-28(17)20-7-3-2-4-8-20)24(30)26-19-9-11-21(12-10-19)31-16-18-6-5-13-25-15-18/h2-15H,16H2,1H3,(H,26,30). The number of aromatic nitrogens is 3. The number of thioether (sulfide) groups is 1. The number of amides is 1. The molecule has 0 spiro atoms. The molecule has 0 bridgehead atoms. The molecule has 4 rings (SSSR count). The quantitative estimate of drug-likeness (QED) is 0.458. The average Bonchev–Trinajstić information content (AvgIpc) is 2.80. The highest BCUT2D eigenvalue weighted by atomic mass is 32.2. The molecule has 154 valence electrons. The highest BCUT2D eigenvalue weighted by Crippen LogP contribution is 2.24. The van der Waals surface area contributed by atoms with Crippen LogP contribution in [0.1, 0.15) is 21.7 Å². The second-order valence-electron chi connectivity index (χ2n) is 6.87. The molecule has 0 radical (unpaired) electrons. The molecule has 7 heteroatoms. The van der Waals surface area contributed by atoms with Gasteiger partial charge in [-0.3, -0.25) is 14.6 Å². The number of hydrogen-bond acceptors (Lipinski definition) is 5. The van der Waals surface area contributed by atoms with Crippen LogP contribution >= 0.6 is 11.8 Å². The third-order valence-electron chi connectivity index (χ3n) is 4.56. The first-order chi connectivity index (χ1) is 15.1. The summed E-state index contributed by atoms with van der Waals surface area (Å²) in [5.74, 6) is 0.275. The summed E-state index contributed by atoms with van der Waals surface area (Å²) in [6.45, 7) is 1.78. The number of aryl methyl sites for hydroxylation is 1. The zero-order chi connectivity index (χ0) is 21.6. The van der Waals surface area contributed by atoms with E-state index >= 15 is 0 Å². The number of carbonyl (C=O) groups is 1. The molecule has 2 heterocycles. The fourth-order valence-corrected chi connectivity index (χ4v) is 3.84. The zero-order valence-electron chi connectivity index (χ0n) is 16.9. The van der Waals surface area contributed by atoms with Crippen molar-refractivity contribution >= 4 is 23.4 Å². The molecule has 0 fully saturated rings. The van der Waals surface area contributed by atoms with Gasteiger partial charge in [0.05, 0.1) is 5.69 Å². The van der Waals surface area contributed by atoms with Crippen LogP contribution in [0.2, 0.25) is 0 Å². The van der Waals surface area contributed by atoms with Gasteiger partial charge in [0.25, 0.3) is 5.91 Å². The second kappa shape index (κ2) is 9.40. The van der Waals surface area contributed by atoms with Crippen LogP contribution in [0.15, 0.2) is 94.9 Å². The smallest absolute Gasteiger partial charge is 0.280 e. The van der Waals surface area contributed by atoms with Gasteiger partial charge in [0.1, 0.15) is 0 Å². The minimum absolute atomic E-state index is 0.149. The summed E-state index contributed by atoms with van der Waals surface area (Å²) < 4.78 is 1.59. The van der Waals surface area contributed by atoms with Crippen LogP contribution in [-0.4, -0.2) is 20.7 Å². The van der Waals surface area contributed by atoms with E-state index in [-0.39, 0.29) is 5.69 Å². The molecule has 0 aliphatic rings. The molecule has 4 aromatic rings. The maximum absolute atomic E-state index is 12.7. The number of carbonyl (C=O) groups excluding carboxylic acids is 1. The molecule has 1 N–H and O–H groups in total. The largest absolute Gasteiger partial charge is 0.320 e. The lowest BCUT2D eigenvalue weighted by Crippen LogP contribution is -2.26. The van der Waals surface area contributed by atoms with Crippen molar-refractivity contribution in [3.63, 3.8) is 0 Å². The molecule has 1 amide bonds. The Kier molecular flexibility index (Phi) is 6.24. The number of anilines is 1. The molecular formula is C24H20N4O2S. The van der Waals surface area contributed by atoms with Crippen LogP contribution in [0, 0.1) is 6.92 Å². The number of rotatable bonds is 6. The Hall–Kier alpha value is -3.71. The Morgan fingerprint density at radius 1 is 1.03 bits per heavy atom. The molecule has 0 saturated carbocycles. The van der Waals surface area contributed by atoms with Gasteiger partial charge in [-0.1, -0.05) is 24.3 Å². The van der Waals surface area contributed by atoms with Gasteiger partial charge in [0.2, 0.25) is 5.43 Å². The summed E-state index contributed by atoms with van der Waals surface area (Å²) in [5, 5.41) is 7.06. The Morgan fingerprint density at radius 3 is 2.52 bits per heavy atom. The van der Waals surface area contributed by atoms with E-state index in [1.165, 1.54) is 6.07 Å². The lowest BCUT2D eigenvalue weighted by molar-refractivity contribution is 0.101. The van der Waals surface area contributed by atoms with Crippen LogP contribution in [0.25, 0.3) is 5.69 Å². The minimum Gasteiger partial charge on any atom is -0.320 e. The van der Waals surface area contributed by atoms with E-state index in [0.717, 1.165) is 21.9 Å². The van der Waals surface area contributed by atoms with Gasteiger partial charge in [0.15, 0.2) is 5.69 Å². The number of hydrogen-bond donors (Lipinski definition) is 1. The van der Waals surface area contributed by atoms with Crippen LogP contribution in [0.5, 0.6) is 0 Å². The first-order valence-corrected chi connectivity index (χ1v) is 10.7. The number of nitrogens with one attached hydrogen (secondary N) is 1. The van der Waals surface area contributed by atoms with E-state index in [1.807, 2.05) is 72.9 Å². The van der Waals surface area contributed by atoms with Crippen molar-refractivity contribution in [2.75, 3.05) is 5.32 Å². The maximum atomic E-state index is 12.7. The molecule has 6 nitrogen and oxygen atoms in total. The molecular weight excluding hydrogens is 408 g/mol. The van der Waals surface area contributed by atoms with Crippen molar-refractivity contribution in [3.8, 4) is 5.69 Å². The van der Waals surface area contributed by atoms with Crippen LogP contribution < -0.4 is 10.7 Å². The molecule has 2 aromatic carbocycles. The average molecular weight is 429 g/mol. The zero-order valence-corrected chi connectivity index (χ0v) is 17.7. The third-order valence-corrected chi connectivity index (χ3v) is 5.65. The molecule has 2 aromatic heterocycles. The van der Waals surface area contributed by atoms with E-state index in [2.05, 4.69) is 15.4 Å². The van der Waals surface area contributed by atoms with Crippen molar-refractivity contribution in [3.05, 3.63) is 112 Å². The van der Waals surface area contributed by atoms with Crippen LogP contribution in [-0.2, 0) is 5.75 Å². The predicted octanol–water partition coefficient (Wildman–Crippen LogP) is 4.48. The summed E-state index contributed by atoms with van der Waals surface area (Å²) >= 11 is 1.68. The monoisotopic (exact) mass is 428 g/mol. The third kappa shape index (κ3) is 5.07. The van der Waals surface area contributed by atoms with Crippen LogP contribution in [0.4, 0.5) is 5.69 Å². The van der Waals surface area contributed by atoms with Gasteiger partial charge in [-0.25, -0.2) is 4.68 Å². The van der Waals surface area contributed by atoms with Crippen molar-refractivity contribution < 1.29 is 4.79 Å². The molecule has 0 unspecified atom stereocenters. The second-order valence-corrected chi connectivity index (χ2v) is 7.92. The minimum atomic E-state index is -0.537. The summed E-state index contributed by atoms with van der Waals surface area (Å²) in [5.41, 5.74) is 2.62. The molecule has 0 aliphatic carbocycles. The summed E-state index contributed by atoms with van der Waals surface area (Å²) in [4.78, 5) is 30.3. The van der Waals surface area contributed by atoms with Gasteiger partial charge >= 0.3 is 0 Å². The fourth-order valence-electron chi connectivity index (χ4n) is 3.01. The van der Waals surface area contributed by atoms with Crippen molar-refractivity contribution in [2.45, 2.75) is 17.6 Å². The first kappa shape index (κ1) is 20.6. The molecule has 0 atom stereocenters. The predicted molar refractivity (Wildman–Crippen MR) is 123 cm³/mol. The molecule has 0 aliphatic heterocycles. The molecule has 0 saturated heterocycles. The highest BCUT2D eigenvalue weighted by Gasteiger charge is 2.15. The first-order valence-electron chi connectivity index (χ1n) is 9.70. The van der Waals surface area contributed by atoms with Gasteiger partial charge < -0.3 is 5.32 Å². The van der Waals surface area contributed by atoms with Crippen LogP contribution in [0.3, 0.4) is 0 Å². The fraction of sp³-hybridized carbons (Fsp3) is 0.0833. The van der Waals surface area contributed by atoms with Gasteiger partial charge in [-0.15, -0.1) is 11.8 Å². The Labute approximate surface area is 184 Å². The summed E-state index contributed by atoms with van der Waals surface area (Å²) in [6.07, 6.45) is 3.60. The van der Waals surface area contributed by atoms with Gasteiger partial charge in [0, 0.05) is 40.5 Å². The van der Waals surface area contributed by atoms with E-state index in [9.17, 15) is 9.59 Å². The van der Waals surface area contributed by atoms with Crippen molar-refractivity contribution in [1.29, 1.82) is 0 Å². The number of benzene rings is 2. The van der Waals surface area contributed by atoms with E-state index < -0.39 is 11.3 Å². The Morgan fingerprint density at radius 2 is 1.81 bits per heavy atom. The Bertz CT molecular complexity index is 1240. The van der Waals surface area contributed by atoms with E-state index in [0.29, 0.717) is 11.4 Å². The molecule has 31 heavy (non-hydrogen) atoms. The summed E-state index contributed by atoms with van der Waals surface area (Å²) in [7, 11) is 0. The maximum Gasteiger partial charge on any atom is 0.280 e. The highest BCUT2D eigenvalue weighted by molar-refractivity contribution is 7.98. The Balaban J connectivity index is 1.47.